The molecule has 0 radical (unpaired) electrons. The Kier molecular flexibility index (Phi) is 5.52. The number of carbonyl (C=O) groups is 2. The zero-order valence-corrected chi connectivity index (χ0v) is 12.3. The fourth-order valence-electron chi connectivity index (χ4n) is 1.80. The number of aliphatic carboxylic acids is 1. The molecule has 1 aromatic carbocycles. The van der Waals surface area contributed by atoms with Crippen LogP contribution in [0.15, 0.2) is 12.1 Å². The zero-order chi connectivity index (χ0) is 16.2. The highest BCUT2D eigenvalue weighted by Crippen LogP contribution is 2.30. The fourth-order valence-corrected chi connectivity index (χ4v) is 1.80. The molecule has 1 N–H and O–H groups in total. The van der Waals surface area contributed by atoms with Crippen LogP contribution in [0.1, 0.15) is 17.3 Å². The Morgan fingerprint density at radius 1 is 1.29 bits per heavy atom. The number of methoxy groups -OCH3 is 2. The smallest absolute Gasteiger partial charge is 0.308 e. The third-order valence-electron chi connectivity index (χ3n) is 3.02. The molecule has 0 spiro atoms. The summed E-state index contributed by atoms with van der Waals surface area (Å²) in [6, 6.07) is 2.29. The first-order chi connectivity index (χ1) is 9.81. The first-order valence-electron chi connectivity index (χ1n) is 6.21. The minimum atomic E-state index is -1.03. The van der Waals surface area contributed by atoms with Gasteiger partial charge >= 0.3 is 5.97 Å². The standard InChI is InChI=1S/C14H18FNO5/c1-8(14(18)19)7-16(2)13(17)9-5-11(20-3)12(21-4)6-10(9)15/h5-6,8H,7H2,1-4H3,(H,18,19). The van der Waals surface area contributed by atoms with Crippen LogP contribution in [-0.2, 0) is 4.79 Å². The predicted octanol–water partition coefficient (Wildman–Crippen LogP) is 1.64. The Bertz CT molecular complexity index is 546. The van der Waals surface area contributed by atoms with Gasteiger partial charge < -0.3 is 19.5 Å². The lowest BCUT2D eigenvalue weighted by Crippen LogP contribution is -2.34. The van der Waals surface area contributed by atoms with Gasteiger partial charge in [-0.05, 0) is 6.07 Å². The van der Waals surface area contributed by atoms with Crippen LogP contribution in [0.2, 0.25) is 0 Å². The van der Waals surface area contributed by atoms with E-state index in [1.807, 2.05) is 0 Å². The monoisotopic (exact) mass is 299 g/mol. The van der Waals surface area contributed by atoms with Gasteiger partial charge in [0.15, 0.2) is 11.5 Å². The summed E-state index contributed by atoms with van der Waals surface area (Å²) in [5, 5.41) is 8.84. The van der Waals surface area contributed by atoms with Crippen molar-refractivity contribution in [3.63, 3.8) is 0 Å². The molecule has 0 heterocycles. The normalized spacial score (nSPS) is 11.7. The Labute approximate surface area is 122 Å². The highest BCUT2D eigenvalue weighted by atomic mass is 19.1. The number of carbonyl (C=O) groups excluding carboxylic acids is 1. The first-order valence-corrected chi connectivity index (χ1v) is 6.21. The summed E-state index contributed by atoms with van der Waals surface area (Å²) in [4.78, 5) is 24.1. The second-order valence-electron chi connectivity index (χ2n) is 4.61. The van der Waals surface area contributed by atoms with E-state index in [4.69, 9.17) is 14.6 Å². The molecule has 1 atom stereocenters. The maximum absolute atomic E-state index is 14.0. The van der Waals surface area contributed by atoms with Gasteiger partial charge in [-0.3, -0.25) is 9.59 Å². The fraction of sp³-hybridized carbons (Fsp3) is 0.429. The van der Waals surface area contributed by atoms with E-state index < -0.39 is 23.6 Å². The summed E-state index contributed by atoms with van der Waals surface area (Å²) < 4.78 is 23.9. The molecule has 1 amide bonds. The molecule has 0 saturated heterocycles. The Balaban J connectivity index is 3.04. The van der Waals surface area contributed by atoms with E-state index in [1.54, 1.807) is 0 Å². The van der Waals surface area contributed by atoms with Gasteiger partial charge in [-0.15, -0.1) is 0 Å². The summed E-state index contributed by atoms with van der Waals surface area (Å²) in [6.45, 7) is 1.44. The molecular weight excluding hydrogens is 281 g/mol. The molecular formula is C14H18FNO5. The average molecular weight is 299 g/mol. The summed E-state index contributed by atoms with van der Waals surface area (Å²) in [7, 11) is 4.15. The van der Waals surface area contributed by atoms with E-state index in [2.05, 4.69) is 0 Å². The minimum Gasteiger partial charge on any atom is -0.493 e. The lowest BCUT2D eigenvalue weighted by atomic mass is 10.1. The van der Waals surface area contributed by atoms with Crippen LogP contribution < -0.4 is 9.47 Å². The number of hydrogen-bond donors (Lipinski definition) is 1. The molecule has 7 heteroatoms. The van der Waals surface area contributed by atoms with Crippen LogP contribution in [0.25, 0.3) is 0 Å². The minimum absolute atomic E-state index is 0.0258. The number of rotatable bonds is 6. The molecule has 0 aliphatic rings. The molecule has 0 aliphatic carbocycles. The average Bonchev–Trinajstić information content (AvgIpc) is 2.45. The SMILES string of the molecule is COc1cc(F)c(C(=O)N(C)CC(C)C(=O)O)cc1OC. The van der Waals surface area contributed by atoms with Gasteiger partial charge in [0.25, 0.3) is 5.91 Å². The van der Waals surface area contributed by atoms with Crippen molar-refractivity contribution in [2.24, 2.45) is 5.92 Å². The second-order valence-corrected chi connectivity index (χ2v) is 4.61. The summed E-state index contributed by atoms with van der Waals surface area (Å²) >= 11 is 0. The highest BCUT2D eigenvalue weighted by molar-refractivity contribution is 5.95. The van der Waals surface area contributed by atoms with Crippen molar-refractivity contribution in [3.05, 3.63) is 23.5 Å². The number of benzene rings is 1. The lowest BCUT2D eigenvalue weighted by molar-refractivity contribution is -0.141. The number of carboxylic acid groups (broad SMARTS) is 1. The molecule has 116 valence electrons. The number of carboxylic acids is 1. The van der Waals surface area contributed by atoms with Crippen LogP contribution in [0.3, 0.4) is 0 Å². The highest BCUT2D eigenvalue weighted by Gasteiger charge is 2.23. The summed E-state index contributed by atoms with van der Waals surface area (Å²) in [5.41, 5.74) is -0.201. The molecule has 21 heavy (non-hydrogen) atoms. The number of ether oxygens (including phenoxy) is 2. The molecule has 0 bridgehead atoms. The number of nitrogens with zero attached hydrogens (tertiary/aromatic N) is 1. The third-order valence-corrected chi connectivity index (χ3v) is 3.02. The van der Waals surface area contributed by atoms with Crippen molar-refractivity contribution in [1.82, 2.24) is 4.90 Å². The van der Waals surface area contributed by atoms with E-state index in [1.165, 1.54) is 34.3 Å². The van der Waals surface area contributed by atoms with Crippen molar-refractivity contribution in [2.45, 2.75) is 6.92 Å². The molecule has 0 aromatic heterocycles. The second kappa shape index (κ2) is 6.92. The number of amides is 1. The maximum atomic E-state index is 14.0. The quantitative estimate of drug-likeness (QED) is 0.864. The zero-order valence-electron chi connectivity index (χ0n) is 12.3. The van der Waals surface area contributed by atoms with Crippen LogP contribution in [-0.4, -0.2) is 49.7 Å². The predicted molar refractivity (Wildman–Crippen MR) is 73.3 cm³/mol. The van der Waals surface area contributed by atoms with E-state index in [-0.39, 0.29) is 23.6 Å². The van der Waals surface area contributed by atoms with E-state index in [0.29, 0.717) is 0 Å². The van der Waals surface area contributed by atoms with Gasteiger partial charge in [0.1, 0.15) is 5.82 Å². The largest absolute Gasteiger partial charge is 0.493 e. The molecule has 1 aromatic rings. The molecule has 6 nitrogen and oxygen atoms in total. The third kappa shape index (κ3) is 3.84. The number of halogens is 1. The Morgan fingerprint density at radius 2 is 1.81 bits per heavy atom. The molecule has 0 fully saturated rings. The van der Waals surface area contributed by atoms with E-state index >= 15 is 0 Å². The van der Waals surface area contributed by atoms with Crippen LogP contribution in [0, 0.1) is 11.7 Å². The number of hydrogen-bond acceptors (Lipinski definition) is 4. The van der Waals surface area contributed by atoms with Crippen LogP contribution >= 0.6 is 0 Å². The Morgan fingerprint density at radius 3 is 2.29 bits per heavy atom. The molecule has 1 unspecified atom stereocenters. The van der Waals surface area contributed by atoms with E-state index in [9.17, 15) is 14.0 Å². The Hall–Kier alpha value is -2.31. The maximum Gasteiger partial charge on any atom is 0.308 e. The van der Waals surface area contributed by atoms with Crippen molar-refractivity contribution in [1.29, 1.82) is 0 Å². The summed E-state index contributed by atoms with van der Waals surface area (Å²) in [5.74, 6) is -2.76. The van der Waals surface area contributed by atoms with Crippen molar-refractivity contribution >= 4 is 11.9 Å². The van der Waals surface area contributed by atoms with Crippen molar-refractivity contribution in [2.75, 3.05) is 27.8 Å². The molecule has 0 saturated carbocycles. The van der Waals surface area contributed by atoms with Gasteiger partial charge in [-0.1, -0.05) is 6.92 Å². The first kappa shape index (κ1) is 16.7. The molecule has 1 rings (SSSR count). The van der Waals surface area contributed by atoms with E-state index in [0.717, 1.165) is 11.0 Å². The van der Waals surface area contributed by atoms with Crippen molar-refractivity contribution in [3.8, 4) is 11.5 Å². The van der Waals surface area contributed by atoms with Gasteiger partial charge in [-0.2, -0.15) is 0 Å². The van der Waals surface area contributed by atoms with Crippen LogP contribution in [0.5, 0.6) is 11.5 Å². The van der Waals surface area contributed by atoms with Gasteiger partial charge in [0.2, 0.25) is 0 Å². The van der Waals surface area contributed by atoms with Crippen molar-refractivity contribution < 1.29 is 28.6 Å². The van der Waals surface area contributed by atoms with Crippen LogP contribution in [0.4, 0.5) is 4.39 Å². The van der Waals surface area contributed by atoms with Gasteiger partial charge in [0.05, 0.1) is 25.7 Å². The topological polar surface area (TPSA) is 76.1 Å². The van der Waals surface area contributed by atoms with Gasteiger partial charge in [0, 0.05) is 19.7 Å². The van der Waals surface area contributed by atoms with Gasteiger partial charge in [-0.25, -0.2) is 4.39 Å². The summed E-state index contributed by atoms with van der Waals surface area (Å²) in [6.07, 6.45) is 0. The lowest BCUT2D eigenvalue weighted by Gasteiger charge is -2.20. The molecule has 0 aliphatic heterocycles.